The lowest BCUT2D eigenvalue weighted by molar-refractivity contribution is 0.617. The van der Waals surface area contributed by atoms with Crippen molar-refractivity contribution in [3.05, 3.63) is 82.2 Å². The highest BCUT2D eigenvalue weighted by molar-refractivity contribution is 5.86. The monoisotopic (exact) mass is 445 g/mol. The Kier molecular flexibility index (Phi) is 4.40. The molecule has 1 aliphatic rings. The first-order chi connectivity index (χ1) is 16.1. The van der Waals surface area contributed by atoms with Crippen molar-refractivity contribution in [3.8, 4) is 11.3 Å². The Bertz CT molecular complexity index is 1610. The number of halogens is 2. The second kappa shape index (κ2) is 7.45. The van der Waals surface area contributed by atoms with Gasteiger partial charge in [0.15, 0.2) is 5.82 Å². The van der Waals surface area contributed by atoms with E-state index in [0.29, 0.717) is 5.65 Å². The molecular weight excluding hydrogens is 428 g/mol. The van der Waals surface area contributed by atoms with Gasteiger partial charge < -0.3 is 15.6 Å². The quantitative estimate of drug-likeness (QED) is 0.394. The number of anilines is 2. The molecule has 0 unspecified atom stereocenters. The van der Waals surface area contributed by atoms with Gasteiger partial charge in [0.2, 0.25) is 5.95 Å². The Balaban J connectivity index is 1.44. The molecule has 0 aliphatic carbocycles. The van der Waals surface area contributed by atoms with E-state index in [-0.39, 0.29) is 28.1 Å². The van der Waals surface area contributed by atoms with Gasteiger partial charge in [-0.25, -0.2) is 23.7 Å². The molecule has 3 aromatic heterocycles. The molecule has 2 aromatic carbocycles. The Hall–Kier alpha value is -4.18. The molecule has 0 radical (unpaired) electrons. The van der Waals surface area contributed by atoms with E-state index in [9.17, 15) is 13.6 Å². The first-order valence-electron chi connectivity index (χ1n) is 10.4. The summed E-state index contributed by atoms with van der Waals surface area (Å²) >= 11 is 0. The summed E-state index contributed by atoms with van der Waals surface area (Å²) in [6.45, 7) is 1.72. The average Bonchev–Trinajstić information content (AvgIpc) is 3.28. The zero-order chi connectivity index (χ0) is 22.5. The number of aromatic nitrogens is 5. The van der Waals surface area contributed by atoms with E-state index in [1.807, 2.05) is 12.1 Å². The number of nitrogens with zero attached hydrogens (tertiary/aromatic N) is 4. The predicted octanol–water partition coefficient (Wildman–Crippen LogP) is 3.30. The van der Waals surface area contributed by atoms with Crippen LogP contribution in [0.15, 0.2) is 53.8 Å². The largest absolute Gasteiger partial charge is 0.324 e. The molecule has 5 aromatic rings. The van der Waals surface area contributed by atoms with Gasteiger partial charge in [-0.15, -0.1) is 0 Å². The number of nitrogens with one attached hydrogen (secondary N) is 3. The van der Waals surface area contributed by atoms with Crippen molar-refractivity contribution in [3.63, 3.8) is 0 Å². The van der Waals surface area contributed by atoms with Crippen LogP contribution in [-0.2, 0) is 13.0 Å². The summed E-state index contributed by atoms with van der Waals surface area (Å²) in [5, 5.41) is 6.29. The minimum absolute atomic E-state index is 0.0820. The van der Waals surface area contributed by atoms with Gasteiger partial charge in [0.25, 0.3) is 5.56 Å². The summed E-state index contributed by atoms with van der Waals surface area (Å²) in [5.74, 6) is -1.32. The molecule has 3 N–H and O–H groups in total. The molecule has 6 rings (SSSR count). The van der Waals surface area contributed by atoms with Gasteiger partial charge in [-0.05, 0) is 48.4 Å². The summed E-state index contributed by atoms with van der Waals surface area (Å²) in [6.07, 6.45) is 4.91. The van der Waals surface area contributed by atoms with E-state index in [1.54, 1.807) is 0 Å². The maximum absolute atomic E-state index is 14.9. The van der Waals surface area contributed by atoms with Crippen molar-refractivity contribution in [1.29, 1.82) is 0 Å². The molecule has 1 aliphatic heterocycles. The lowest BCUT2D eigenvalue weighted by atomic mass is 10.0. The van der Waals surface area contributed by atoms with Gasteiger partial charge >= 0.3 is 0 Å². The van der Waals surface area contributed by atoms with Crippen LogP contribution in [0.4, 0.5) is 20.4 Å². The minimum Gasteiger partial charge on any atom is -0.324 e. The third-order valence-corrected chi connectivity index (χ3v) is 5.80. The van der Waals surface area contributed by atoms with E-state index < -0.39 is 17.2 Å². The number of imidazole rings is 1. The normalized spacial score (nSPS) is 13.4. The van der Waals surface area contributed by atoms with Crippen molar-refractivity contribution in [1.82, 2.24) is 29.7 Å². The summed E-state index contributed by atoms with van der Waals surface area (Å²) in [4.78, 5) is 27.2. The van der Waals surface area contributed by atoms with Gasteiger partial charge in [0.1, 0.15) is 23.5 Å². The number of rotatable bonds is 3. The first kappa shape index (κ1) is 19.5. The van der Waals surface area contributed by atoms with Gasteiger partial charge in [0.05, 0.1) is 23.3 Å². The highest BCUT2D eigenvalue weighted by atomic mass is 19.1. The highest BCUT2D eigenvalue weighted by Gasteiger charge is 2.17. The van der Waals surface area contributed by atoms with Crippen LogP contribution in [0.25, 0.3) is 27.8 Å². The van der Waals surface area contributed by atoms with Crippen LogP contribution in [0.2, 0.25) is 0 Å². The molecule has 4 heterocycles. The lowest BCUT2D eigenvalue weighted by Gasteiger charge is -2.18. The number of H-pyrrole nitrogens is 1. The Morgan fingerprint density at radius 3 is 2.88 bits per heavy atom. The van der Waals surface area contributed by atoms with Crippen molar-refractivity contribution < 1.29 is 8.78 Å². The molecule has 0 saturated carbocycles. The van der Waals surface area contributed by atoms with E-state index in [0.717, 1.165) is 37.5 Å². The molecule has 0 spiro atoms. The zero-order valence-electron chi connectivity index (χ0n) is 17.2. The van der Waals surface area contributed by atoms with Crippen molar-refractivity contribution in [2.45, 2.75) is 13.0 Å². The van der Waals surface area contributed by atoms with Crippen LogP contribution in [0, 0.1) is 11.6 Å². The number of hydrogen-bond donors (Lipinski definition) is 3. The molecule has 0 bridgehead atoms. The number of benzene rings is 2. The molecule has 164 valence electrons. The lowest BCUT2D eigenvalue weighted by Crippen LogP contribution is -2.23. The summed E-state index contributed by atoms with van der Waals surface area (Å²) in [7, 11) is 0. The van der Waals surface area contributed by atoms with Crippen molar-refractivity contribution in [2.24, 2.45) is 0 Å². The van der Waals surface area contributed by atoms with Crippen LogP contribution in [0.3, 0.4) is 0 Å². The number of hydrogen-bond acceptors (Lipinski definition) is 6. The third-order valence-electron chi connectivity index (χ3n) is 5.80. The van der Waals surface area contributed by atoms with Gasteiger partial charge in [-0.3, -0.25) is 9.20 Å². The van der Waals surface area contributed by atoms with Crippen LogP contribution in [0.1, 0.15) is 11.1 Å². The molecule has 33 heavy (non-hydrogen) atoms. The van der Waals surface area contributed by atoms with E-state index >= 15 is 0 Å². The first-order valence-corrected chi connectivity index (χ1v) is 10.4. The fourth-order valence-electron chi connectivity index (χ4n) is 4.22. The minimum atomic E-state index is -0.783. The molecule has 0 saturated heterocycles. The third kappa shape index (κ3) is 3.31. The molecule has 8 nitrogen and oxygen atoms in total. The standard InChI is InChI=1S/C23H17F2N7O/c24-16-6-13(7-18-20(16)22(33)30-19-10-27-11-32(18)19)21-17(25)9-28-23(31-21)29-15-2-1-12-3-4-26-8-14(12)5-15/h1-2,5-7,9-11,26H,3-4,8H2,(H,30,33)(H,28,29,31). The highest BCUT2D eigenvalue weighted by Crippen LogP contribution is 2.28. The zero-order valence-corrected chi connectivity index (χ0v) is 17.2. The summed E-state index contributed by atoms with van der Waals surface area (Å²) in [6, 6.07) is 8.59. The Labute approximate surface area is 185 Å². The van der Waals surface area contributed by atoms with Gasteiger partial charge in [-0.1, -0.05) is 6.07 Å². The van der Waals surface area contributed by atoms with Crippen molar-refractivity contribution in [2.75, 3.05) is 11.9 Å². The van der Waals surface area contributed by atoms with Crippen molar-refractivity contribution >= 4 is 28.2 Å². The fourth-order valence-corrected chi connectivity index (χ4v) is 4.22. The SMILES string of the molecule is O=c1[nH]c2cncn2c2cc(-c3nc(Nc4ccc5c(c4)CNCC5)ncc3F)cc(F)c12. The molecule has 0 atom stereocenters. The van der Waals surface area contributed by atoms with Crippen LogP contribution >= 0.6 is 0 Å². The van der Waals surface area contributed by atoms with E-state index in [2.05, 4.69) is 36.6 Å². The van der Waals surface area contributed by atoms with E-state index in [1.165, 1.54) is 34.1 Å². The second-order valence-electron chi connectivity index (χ2n) is 7.88. The maximum Gasteiger partial charge on any atom is 0.261 e. The molecule has 10 heteroatoms. The van der Waals surface area contributed by atoms with Gasteiger partial charge in [0, 0.05) is 17.8 Å². The van der Waals surface area contributed by atoms with Crippen LogP contribution < -0.4 is 16.2 Å². The smallest absolute Gasteiger partial charge is 0.261 e. The number of fused-ring (bicyclic) bond motifs is 4. The fraction of sp³-hybridized carbons (Fsp3) is 0.130. The van der Waals surface area contributed by atoms with Crippen LogP contribution in [-0.4, -0.2) is 30.9 Å². The molecule has 0 fully saturated rings. The van der Waals surface area contributed by atoms with E-state index in [4.69, 9.17) is 0 Å². The Morgan fingerprint density at radius 1 is 1.06 bits per heavy atom. The molecule has 0 amide bonds. The summed E-state index contributed by atoms with van der Waals surface area (Å²) in [5.41, 5.74) is 3.40. The van der Waals surface area contributed by atoms with Gasteiger partial charge in [-0.2, -0.15) is 0 Å². The average molecular weight is 445 g/mol. The number of aromatic amines is 1. The predicted molar refractivity (Wildman–Crippen MR) is 119 cm³/mol. The van der Waals surface area contributed by atoms with Crippen LogP contribution in [0.5, 0.6) is 0 Å². The summed E-state index contributed by atoms with van der Waals surface area (Å²) < 4.78 is 31.2. The molecular formula is C23H17F2N7O. The second-order valence-corrected chi connectivity index (χ2v) is 7.88. The maximum atomic E-state index is 14.9. The Morgan fingerprint density at radius 2 is 1.97 bits per heavy atom. The topological polar surface area (TPSA) is 100 Å².